The van der Waals surface area contributed by atoms with Crippen molar-refractivity contribution >= 4 is 7.29 Å². The highest BCUT2D eigenvalue weighted by Gasteiger charge is 2.39. The maximum absolute atomic E-state index is 12.1. The largest absolute Gasteiger partial charge is 0.307 e. The Kier molecular flexibility index (Phi) is 2.55. The van der Waals surface area contributed by atoms with Crippen LogP contribution in [0.15, 0.2) is 0 Å². The van der Waals surface area contributed by atoms with Gasteiger partial charge in [0.2, 0.25) is 0 Å². The first-order chi connectivity index (χ1) is 6.09. The molecular weight excluding hydrogens is 181 g/mol. The van der Waals surface area contributed by atoms with Crippen molar-refractivity contribution in [3.05, 3.63) is 0 Å². The monoisotopic (exact) mass is 201 g/mol. The van der Waals surface area contributed by atoms with Crippen molar-refractivity contribution in [2.45, 2.75) is 50.6 Å². The van der Waals surface area contributed by atoms with Gasteiger partial charge in [0.1, 0.15) is 7.29 Å². The fraction of sp³-hybridized carbons (Fsp3) is 1.00. The van der Waals surface area contributed by atoms with E-state index in [1.807, 2.05) is 13.3 Å². The summed E-state index contributed by atoms with van der Waals surface area (Å²) >= 11 is 0. The molecule has 0 N–H and O–H groups in total. The Morgan fingerprint density at radius 3 is 1.54 bits per heavy atom. The summed E-state index contributed by atoms with van der Waals surface area (Å²) in [6.45, 7) is 3.87. The van der Waals surface area contributed by atoms with Gasteiger partial charge in [-0.1, -0.05) is 12.8 Å². The van der Waals surface area contributed by atoms with Gasteiger partial charge in [0.25, 0.3) is 0 Å². The van der Waals surface area contributed by atoms with Crippen LogP contribution < -0.4 is 0 Å². The van der Waals surface area contributed by atoms with E-state index >= 15 is 0 Å². The van der Waals surface area contributed by atoms with Gasteiger partial charge in [-0.15, -0.1) is 0 Å². The summed E-state index contributed by atoms with van der Waals surface area (Å²) in [5.41, 5.74) is 0. The van der Waals surface area contributed by atoms with E-state index in [0.29, 0.717) is 12.1 Å². The zero-order chi connectivity index (χ0) is 9.47. The van der Waals surface area contributed by atoms with E-state index in [0.717, 1.165) is 0 Å². The first kappa shape index (κ1) is 9.73. The average molecular weight is 201 g/mol. The summed E-state index contributed by atoms with van der Waals surface area (Å²) in [5.74, 6) is 0. The lowest BCUT2D eigenvalue weighted by atomic mass is 9.87. The van der Waals surface area contributed by atoms with Gasteiger partial charge in [-0.3, -0.25) is 0 Å². The SMILES string of the molecule is CP(C)(=O)N(C1CCC1)C1CCC1. The lowest BCUT2D eigenvalue weighted by Crippen LogP contribution is -2.46. The maximum atomic E-state index is 12.1. The van der Waals surface area contributed by atoms with Crippen molar-refractivity contribution in [1.29, 1.82) is 0 Å². The van der Waals surface area contributed by atoms with E-state index in [2.05, 4.69) is 4.67 Å². The summed E-state index contributed by atoms with van der Waals surface area (Å²) in [5, 5.41) is 0. The van der Waals surface area contributed by atoms with Gasteiger partial charge in [0, 0.05) is 25.4 Å². The van der Waals surface area contributed by atoms with Gasteiger partial charge in [-0.25, -0.2) is 4.67 Å². The number of nitrogens with zero attached hydrogens (tertiary/aromatic N) is 1. The van der Waals surface area contributed by atoms with Crippen LogP contribution in [0.3, 0.4) is 0 Å². The molecule has 3 heteroatoms. The predicted molar refractivity (Wildman–Crippen MR) is 56.6 cm³/mol. The molecule has 0 aromatic carbocycles. The van der Waals surface area contributed by atoms with Crippen molar-refractivity contribution in [2.24, 2.45) is 0 Å². The smallest absolute Gasteiger partial charge is 0.144 e. The van der Waals surface area contributed by atoms with Crippen LogP contribution in [0.4, 0.5) is 0 Å². The van der Waals surface area contributed by atoms with Crippen LogP contribution in [-0.2, 0) is 4.57 Å². The van der Waals surface area contributed by atoms with Crippen LogP contribution in [0.1, 0.15) is 38.5 Å². The molecule has 13 heavy (non-hydrogen) atoms. The summed E-state index contributed by atoms with van der Waals surface area (Å²) in [6.07, 6.45) is 7.80. The van der Waals surface area contributed by atoms with Crippen molar-refractivity contribution in [3.8, 4) is 0 Å². The van der Waals surface area contributed by atoms with Gasteiger partial charge in [-0.05, 0) is 25.7 Å². The van der Waals surface area contributed by atoms with E-state index in [1.54, 1.807) is 0 Å². The molecule has 2 nitrogen and oxygen atoms in total. The molecule has 0 radical (unpaired) electrons. The predicted octanol–water partition coefficient (Wildman–Crippen LogP) is 2.93. The summed E-state index contributed by atoms with van der Waals surface area (Å²) in [4.78, 5) is 0. The molecule has 0 atom stereocenters. The van der Waals surface area contributed by atoms with Crippen molar-refractivity contribution in [2.75, 3.05) is 13.3 Å². The molecule has 0 aliphatic heterocycles. The van der Waals surface area contributed by atoms with Gasteiger partial charge >= 0.3 is 0 Å². The van der Waals surface area contributed by atoms with Crippen LogP contribution >= 0.6 is 7.29 Å². The minimum Gasteiger partial charge on any atom is -0.307 e. The molecule has 2 aliphatic rings. The van der Waals surface area contributed by atoms with Crippen LogP contribution in [0.5, 0.6) is 0 Å². The Balaban J connectivity index is 2.05. The molecule has 0 amide bonds. The third kappa shape index (κ3) is 1.85. The molecule has 2 fully saturated rings. The highest BCUT2D eigenvalue weighted by atomic mass is 31.2. The Labute approximate surface area is 81.1 Å². The molecular formula is C10H20NOP. The van der Waals surface area contributed by atoms with Crippen LogP contribution in [0, 0.1) is 0 Å². The first-order valence-electron chi connectivity index (χ1n) is 5.43. The molecule has 0 aromatic rings. The zero-order valence-corrected chi connectivity index (χ0v) is 9.59. The van der Waals surface area contributed by atoms with Crippen molar-refractivity contribution < 1.29 is 4.57 Å². The molecule has 0 heterocycles. The highest BCUT2D eigenvalue weighted by Crippen LogP contribution is 2.51. The van der Waals surface area contributed by atoms with E-state index in [-0.39, 0.29) is 0 Å². The van der Waals surface area contributed by atoms with Crippen molar-refractivity contribution in [3.63, 3.8) is 0 Å². The molecule has 2 rings (SSSR count). The van der Waals surface area contributed by atoms with Crippen LogP contribution in [0.2, 0.25) is 0 Å². The molecule has 76 valence electrons. The Morgan fingerprint density at radius 1 is 1.00 bits per heavy atom. The average Bonchev–Trinajstić information content (AvgIpc) is 1.75. The molecule has 0 spiro atoms. The topological polar surface area (TPSA) is 20.3 Å². The van der Waals surface area contributed by atoms with Crippen molar-refractivity contribution in [1.82, 2.24) is 4.67 Å². The fourth-order valence-electron chi connectivity index (χ4n) is 2.39. The first-order valence-corrected chi connectivity index (χ1v) is 7.98. The Morgan fingerprint density at radius 2 is 1.38 bits per heavy atom. The van der Waals surface area contributed by atoms with Gasteiger partial charge in [-0.2, -0.15) is 0 Å². The lowest BCUT2D eigenvalue weighted by molar-refractivity contribution is 0.123. The summed E-state index contributed by atoms with van der Waals surface area (Å²) in [7, 11) is -1.99. The highest BCUT2D eigenvalue weighted by molar-refractivity contribution is 7.59. The third-order valence-electron chi connectivity index (χ3n) is 3.45. The molecule has 0 unspecified atom stereocenters. The minimum absolute atomic E-state index is 0.658. The second kappa shape index (κ2) is 3.40. The molecule has 0 bridgehead atoms. The standard InChI is InChI=1S/C10H20NOP/c1-13(2,12)11(9-5-3-6-9)10-7-4-8-10/h9-10H,3-8H2,1-2H3. The van der Waals surface area contributed by atoms with E-state index in [9.17, 15) is 4.57 Å². The molecule has 2 aliphatic carbocycles. The summed E-state index contributed by atoms with van der Waals surface area (Å²) < 4.78 is 14.5. The van der Waals surface area contributed by atoms with Crippen LogP contribution in [-0.4, -0.2) is 30.1 Å². The second-order valence-electron chi connectivity index (χ2n) is 4.84. The van der Waals surface area contributed by atoms with Gasteiger partial charge in [0.05, 0.1) is 0 Å². The van der Waals surface area contributed by atoms with Gasteiger partial charge in [0.15, 0.2) is 0 Å². The van der Waals surface area contributed by atoms with E-state index in [1.165, 1.54) is 38.5 Å². The van der Waals surface area contributed by atoms with E-state index in [4.69, 9.17) is 0 Å². The van der Waals surface area contributed by atoms with E-state index < -0.39 is 7.29 Å². The number of rotatable bonds is 3. The molecule has 2 saturated carbocycles. The van der Waals surface area contributed by atoms with Crippen LogP contribution in [0.25, 0.3) is 0 Å². The Hall–Kier alpha value is 0.190. The summed E-state index contributed by atoms with van der Waals surface area (Å²) in [6, 6.07) is 1.32. The minimum atomic E-state index is -1.99. The lowest BCUT2D eigenvalue weighted by Gasteiger charge is -2.47. The molecule has 0 aromatic heterocycles. The number of hydrogen-bond acceptors (Lipinski definition) is 1. The third-order valence-corrected chi connectivity index (χ3v) is 5.22. The maximum Gasteiger partial charge on any atom is 0.144 e. The quantitative estimate of drug-likeness (QED) is 0.654. The Bertz CT molecular complexity index is 213. The normalized spacial score (nSPS) is 25.8. The fourth-order valence-corrected chi connectivity index (χ4v) is 4.42. The second-order valence-corrected chi connectivity index (χ2v) is 7.89. The van der Waals surface area contributed by atoms with Gasteiger partial charge < -0.3 is 4.57 Å². The number of hydrogen-bond donors (Lipinski definition) is 0. The molecule has 0 saturated heterocycles. The zero-order valence-electron chi connectivity index (χ0n) is 8.70.